The molecular formula is C29H32ClN5O4. The van der Waals surface area contributed by atoms with Crippen LogP contribution >= 0.6 is 11.6 Å². The summed E-state index contributed by atoms with van der Waals surface area (Å²) in [5.41, 5.74) is 9.67. The molecule has 4 aliphatic heterocycles. The number of ether oxygens (including phenoxy) is 2. The fraction of sp³-hybridized carbons (Fsp3) is 0.414. The van der Waals surface area contributed by atoms with Crippen molar-refractivity contribution >= 4 is 40.0 Å². The van der Waals surface area contributed by atoms with Crippen molar-refractivity contribution < 1.29 is 19.1 Å². The van der Waals surface area contributed by atoms with Gasteiger partial charge in [0.15, 0.2) is 0 Å². The lowest BCUT2D eigenvalue weighted by Gasteiger charge is -2.53. The molecule has 1 unspecified atom stereocenters. The van der Waals surface area contributed by atoms with E-state index in [4.69, 9.17) is 26.8 Å². The average molecular weight is 550 g/mol. The standard InChI is InChI=1S/C29H32ClN5O4/c1-33-22-13-20(34-17-29(18-34)9-11-38-12-10-29)7-8-24(22)39-16-23(27(33)36)35-15-21(25(31)28(35)37)26(30)32-14-19-5-3-2-4-6-19/h2-8,13,23H,9-12,14-18,31H2,1H3. The van der Waals surface area contributed by atoms with Gasteiger partial charge in [-0.1, -0.05) is 41.9 Å². The minimum absolute atomic E-state index is 0.0103. The van der Waals surface area contributed by atoms with Crippen molar-refractivity contribution in [1.29, 1.82) is 0 Å². The molecule has 0 aromatic heterocycles. The first-order valence-electron chi connectivity index (χ1n) is 13.3. The molecule has 1 spiro atoms. The molecular weight excluding hydrogens is 518 g/mol. The van der Waals surface area contributed by atoms with E-state index in [1.54, 1.807) is 11.9 Å². The van der Waals surface area contributed by atoms with Gasteiger partial charge in [0.25, 0.3) is 11.8 Å². The number of carbonyl (C=O) groups is 2. The van der Waals surface area contributed by atoms with Gasteiger partial charge in [-0.15, -0.1) is 0 Å². The van der Waals surface area contributed by atoms with Gasteiger partial charge in [-0.2, -0.15) is 0 Å². The van der Waals surface area contributed by atoms with Crippen molar-refractivity contribution in [3.8, 4) is 5.75 Å². The van der Waals surface area contributed by atoms with Crippen LogP contribution in [0.3, 0.4) is 0 Å². The Hall–Kier alpha value is -3.56. The van der Waals surface area contributed by atoms with Crippen LogP contribution in [0.2, 0.25) is 0 Å². The minimum atomic E-state index is -0.845. The number of benzene rings is 2. The fourth-order valence-corrected chi connectivity index (χ4v) is 6.06. The van der Waals surface area contributed by atoms with Crippen LogP contribution in [0.1, 0.15) is 18.4 Å². The summed E-state index contributed by atoms with van der Waals surface area (Å²) < 4.78 is 11.6. The lowest BCUT2D eigenvalue weighted by molar-refractivity contribution is -0.135. The smallest absolute Gasteiger partial charge is 0.271 e. The lowest BCUT2D eigenvalue weighted by atomic mass is 9.73. The third kappa shape index (κ3) is 4.74. The number of rotatable bonds is 5. The van der Waals surface area contributed by atoms with Gasteiger partial charge in [-0.25, -0.2) is 0 Å². The van der Waals surface area contributed by atoms with Crippen LogP contribution in [0.5, 0.6) is 5.75 Å². The van der Waals surface area contributed by atoms with Gasteiger partial charge in [0, 0.05) is 50.0 Å². The van der Waals surface area contributed by atoms with Gasteiger partial charge in [0.1, 0.15) is 29.3 Å². The highest BCUT2D eigenvalue weighted by Crippen LogP contribution is 2.44. The van der Waals surface area contributed by atoms with Crippen molar-refractivity contribution in [2.75, 3.05) is 56.3 Å². The quantitative estimate of drug-likeness (QED) is 0.576. The van der Waals surface area contributed by atoms with Crippen LogP contribution in [0.15, 0.2) is 64.8 Å². The Morgan fingerprint density at radius 2 is 1.87 bits per heavy atom. The molecule has 9 nitrogen and oxygen atoms in total. The number of hydrogen-bond acceptors (Lipinski definition) is 7. The summed E-state index contributed by atoms with van der Waals surface area (Å²) in [6.07, 6.45) is 2.17. The zero-order chi connectivity index (χ0) is 27.1. The van der Waals surface area contributed by atoms with Crippen LogP contribution in [-0.4, -0.2) is 74.4 Å². The van der Waals surface area contributed by atoms with Crippen LogP contribution in [0.25, 0.3) is 0 Å². The van der Waals surface area contributed by atoms with E-state index >= 15 is 0 Å². The lowest BCUT2D eigenvalue weighted by Crippen LogP contribution is -2.58. The number of likely N-dealkylation sites (N-methyl/N-ethyl adjacent to an activating group) is 1. The summed E-state index contributed by atoms with van der Waals surface area (Å²) in [5, 5.41) is 0.173. The molecule has 2 amide bonds. The van der Waals surface area contributed by atoms with E-state index in [0.29, 0.717) is 29.0 Å². The second kappa shape index (κ2) is 10.2. The second-order valence-corrected chi connectivity index (χ2v) is 11.1. The van der Waals surface area contributed by atoms with E-state index in [-0.39, 0.29) is 29.9 Å². The minimum Gasteiger partial charge on any atom is -0.489 e. The zero-order valence-corrected chi connectivity index (χ0v) is 22.7. The Labute approximate surface area is 232 Å². The van der Waals surface area contributed by atoms with Crippen LogP contribution in [0.4, 0.5) is 11.4 Å². The van der Waals surface area contributed by atoms with Crippen LogP contribution in [-0.2, 0) is 20.9 Å². The topological polar surface area (TPSA) is 101 Å². The highest BCUT2D eigenvalue weighted by Gasteiger charge is 2.45. The number of anilines is 2. The van der Waals surface area contributed by atoms with Crippen molar-refractivity contribution in [2.45, 2.75) is 25.4 Å². The van der Waals surface area contributed by atoms with Gasteiger partial charge >= 0.3 is 0 Å². The molecule has 4 aliphatic rings. The van der Waals surface area contributed by atoms with Crippen molar-refractivity contribution in [1.82, 2.24) is 4.90 Å². The Kier molecular flexibility index (Phi) is 6.72. The molecule has 0 radical (unpaired) electrons. The maximum atomic E-state index is 13.6. The molecule has 0 bridgehead atoms. The highest BCUT2D eigenvalue weighted by atomic mass is 35.5. The van der Waals surface area contributed by atoms with Gasteiger partial charge in [0.2, 0.25) is 0 Å². The Morgan fingerprint density at radius 3 is 2.62 bits per heavy atom. The molecule has 1 atom stereocenters. The number of aliphatic imine (C=N–C) groups is 1. The SMILES string of the molecule is CN1C(=O)C(N2CC(C(Cl)=NCc3ccccc3)=C(N)C2=O)COc2ccc(N3CC4(CCOCC4)C3)cc21. The summed E-state index contributed by atoms with van der Waals surface area (Å²) >= 11 is 6.49. The summed E-state index contributed by atoms with van der Waals surface area (Å²) in [6, 6.07) is 14.8. The van der Waals surface area contributed by atoms with Crippen LogP contribution in [0, 0.1) is 5.41 Å². The Morgan fingerprint density at radius 1 is 1.13 bits per heavy atom. The molecule has 2 N–H and O–H groups in total. The molecule has 0 saturated carbocycles. The normalized spacial score (nSPS) is 23.1. The molecule has 2 saturated heterocycles. The predicted octanol–water partition coefficient (Wildman–Crippen LogP) is 2.92. The van der Waals surface area contributed by atoms with Crippen molar-refractivity contribution in [3.05, 3.63) is 65.4 Å². The molecule has 204 valence electrons. The van der Waals surface area contributed by atoms with Gasteiger partial charge < -0.3 is 29.9 Å². The van der Waals surface area contributed by atoms with Crippen LogP contribution < -0.4 is 20.3 Å². The summed E-state index contributed by atoms with van der Waals surface area (Å²) in [6.45, 7) is 4.10. The van der Waals surface area contributed by atoms with E-state index in [0.717, 1.165) is 50.4 Å². The Balaban J connectivity index is 1.16. The Bertz CT molecular complexity index is 1350. The second-order valence-electron chi connectivity index (χ2n) is 10.8. The summed E-state index contributed by atoms with van der Waals surface area (Å²) in [5.74, 6) is -0.0776. The number of halogens is 1. The number of nitrogens with two attached hydrogens (primary N) is 1. The molecule has 2 fully saturated rings. The highest BCUT2D eigenvalue weighted by molar-refractivity contribution is 6.70. The van der Waals surface area contributed by atoms with Gasteiger partial charge in [-0.05, 0) is 36.6 Å². The summed E-state index contributed by atoms with van der Waals surface area (Å²) in [7, 11) is 1.72. The number of hydrogen-bond donors (Lipinski definition) is 1. The number of nitrogens with zero attached hydrogens (tertiary/aromatic N) is 4. The average Bonchev–Trinajstić information content (AvgIpc) is 3.18. The first kappa shape index (κ1) is 25.7. The van der Waals surface area contributed by atoms with E-state index in [1.165, 1.54) is 4.90 Å². The first-order valence-corrected chi connectivity index (χ1v) is 13.6. The van der Waals surface area contributed by atoms with E-state index in [2.05, 4.69) is 9.89 Å². The maximum Gasteiger partial charge on any atom is 0.271 e. The first-order chi connectivity index (χ1) is 18.8. The number of fused-ring (bicyclic) bond motifs is 1. The number of carbonyl (C=O) groups excluding carboxylic acids is 2. The molecule has 4 heterocycles. The third-order valence-electron chi connectivity index (χ3n) is 8.30. The summed E-state index contributed by atoms with van der Waals surface area (Å²) in [4.78, 5) is 36.6. The van der Waals surface area contributed by atoms with E-state index < -0.39 is 11.9 Å². The maximum absolute atomic E-state index is 13.6. The molecule has 2 aromatic carbocycles. The number of amides is 2. The third-order valence-corrected chi connectivity index (χ3v) is 8.65. The molecule has 39 heavy (non-hydrogen) atoms. The predicted molar refractivity (Wildman–Crippen MR) is 150 cm³/mol. The monoisotopic (exact) mass is 549 g/mol. The van der Waals surface area contributed by atoms with E-state index in [9.17, 15) is 9.59 Å². The van der Waals surface area contributed by atoms with Crippen molar-refractivity contribution in [3.63, 3.8) is 0 Å². The zero-order valence-electron chi connectivity index (χ0n) is 21.9. The van der Waals surface area contributed by atoms with Gasteiger partial charge in [-0.3, -0.25) is 14.6 Å². The van der Waals surface area contributed by atoms with Gasteiger partial charge in [0.05, 0.1) is 18.8 Å². The molecule has 10 heteroatoms. The molecule has 6 rings (SSSR count). The molecule has 2 aromatic rings. The molecule has 0 aliphatic carbocycles. The van der Waals surface area contributed by atoms with E-state index in [1.807, 2.05) is 48.5 Å². The van der Waals surface area contributed by atoms with Crippen molar-refractivity contribution in [2.24, 2.45) is 16.1 Å². The fourth-order valence-electron chi connectivity index (χ4n) is 5.84. The largest absolute Gasteiger partial charge is 0.489 e.